The number of carbonyl (C=O) groups is 1. The van der Waals surface area contributed by atoms with Crippen molar-refractivity contribution in [3.05, 3.63) is 70.7 Å². The number of carbonyl (C=O) groups excluding carboxylic acids is 1. The highest BCUT2D eigenvalue weighted by Gasteiger charge is 2.25. The molecule has 1 unspecified atom stereocenters. The van der Waals surface area contributed by atoms with Gasteiger partial charge in [-0.15, -0.1) is 0 Å². The molecule has 6 heteroatoms. The first-order chi connectivity index (χ1) is 13.2. The van der Waals surface area contributed by atoms with E-state index >= 15 is 0 Å². The Labute approximate surface area is 165 Å². The molecular weight excluding hydrogens is 360 g/mol. The van der Waals surface area contributed by atoms with E-state index in [1.807, 2.05) is 0 Å². The molecule has 1 atom stereocenters. The number of hydrogen-bond donors (Lipinski definition) is 2. The Morgan fingerprint density at radius 1 is 1.11 bits per heavy atom. The number of benzene rings is 2. The average Bonchev–Trinajstić information content (AvgIpc) is 3.19. The third kappa shape index (κ3) is 5.23. The molecule has 1 heterocycles. The van der Waals surface area contributed by atoms with Crippen LogP contribution in [-0.2, 0) is 0 Å². The second kappa shape index (κ2) is 9.42. The van der Waals surface area contributed by atoms with Gasteiger partial charge in [-0.25, -0.2) is 0 Å². The van der Waals surface area contributed by atoms with Gasteiger partial charge in [-0.1, -0.05) is 41.9 Å². The van der Waals surface area contributed by atoms with Crippen molar-refractivity contribution < 1.29 is 4.79 Å². The number of nitrogens with one attached hydrogen (secondary N) is 2. The number of halogens is 1. The number of aliphatic imine (C=N–C) groups is 1. The summed E-state index contributed by atoms with van der Waals surface area (Å²) in [7, 11) is 1.80. The fourth-order valence-corrected chi connectivity index (χ4v) is 3.46. The van der Waals surface area contributed by atoms with Crippen LogP contribution in [0.3, 0.4) is 0 Å². The van der Waals surface area contributed by atoms with Crippen molar-refractivity contribution >= 4 is 23.5 Å². The predicted octanol–water partition coefficient (Wildman–Crippen LogP) is 3.13. The summed E-state index contributed by atoms with van der Waals surface area (Å²) >= 11 is 5.85. The van der Waals surface area contributed by atoms with Crippen LogP contribution in [0.4, 0.5) is 0 Å². The normalized spacial score (nSPS) is 17.0. The van der Waals surface area contributed by atoms with Gasteiger partial charge in [-0.2, -0.15) is 0 Å². The van der Waals surface area contributed by atoms with Crippen LogP contribution in [0.25, 0.3) is 0 Å². The van der Waals surface area contributed by atoms with Gasteiger partial charge in [-0.3, -0.25) is 9.79 Å². The Bertz CT molecular complexity index is 777. The van der Waals surface area contributed by atoms with Gasteiger partial charge in [0.25, 0.3) is 5.91 Å². The second-order valence-electron chi connectivity index (χ2n) is 6.58. The first-order valence-electron chi connectivity index (χ1n) is 9.21. The quantitative estimate of drug-likeness (QED) is 0.473. The van der Waals surface area contributed by atoms with E-state index in [-0.39, 0.29) is 5.91 Å². The van der Waals surface area contributed by atoms with Crippen LogP contribution in [0.2, 0.25) is 5.02 Å². The van der Waals surface area contributed by atoms with Gasteiger partial charge >= 0.3 is 0 Å². The summed E-state index contributed by atoms with van der Waals surface area (Å²) < 4.78 is 0. The third-order valence-corrected chi connectivity index (χ3v) is 5.02. The first-order valence-corrected chi connectivity index (χ1v) is 9.59. The van der Waals surface area contributed by atoms with Gasteiger partial charge in [-0.05, 0) is 36.2 Å². The highest BCUT2D eigenvalue weighted by Crippen LogP contribution is 2.26. The molecule has 1 fully saturated rings. The molecule has 2 aromatic carbocycles. The molecule has 2 aromatic rings. The minimum atomic E-state index is -0.103. The molecule has 27 heavy (non-hydrogen) atoms. The summed E-state index contributed by atoms with van der Waals surface area (Å²) in [5, 5.41) is 6.87. The predicted molar refractivity (Wildman–Crippen MR) is 111 cm³/mol. The number of rotatable bonds is 5. The van der Waals surface area contributed by atoms with Gasteiger partial charge in [0.05, 0.1) is 0 Å². The van der Waals surface area contributed by atoms with Gasteiger partial charge in [0.2, 0.25) is 0 Å². The maximum Gasteiger partial charge on any atom is 0.251 e. The summed E-state index contributed by atoms with van der Waals surface area (Å²) in [5.41, 5.74) is 1.99. The van der Waals surface area contributed by atoms with Gasteiger partial charge in [0, 0.05) is 49.7 Å². The zero-order valence-corrected chi connectivity index (χ0v) is 16.2. The Hall–Kier alpha value is -2.53. The van der Waals surface area contributed by atoms with Gasteiger partial charge in [0.1, 0.15) is 0 Å². The molecular formula is C21H25ClN4O. The summed E-state index contributed by atoms with van der Waals surface area (Å²) in [4.78, 5) is 18.8. The molecule has 1 aliphatic rings. The van der Waals surface area contributed by atoms with E-state index in [2.05, 4.69) is 50.9 Å². The fraction of sp³-hybridized carbons (Fsp3) is 0.333. The summed E-state index contributed by atoms with van der Waals surface area (Å²) in [6.07, 6.45) is 1.12. The highest BCUT2D eigenvalue weighted by atomic mass is 35.5. The second-order valence-corrected chi connectivity index (χ2v) is 7.02. The highest BCUT2D eigenvalue weighted by molar-refractivity contribution is 6.30. The monoisotopic (exact) mass is 384 g/mol. The number of guanidine groups is 1. The van der Waals surface area contributed by atoms with E-state index in [1.54, 1.807) is 31.3 Å². The lowest BCUT2D eigenvalue weighted by Gasteiger charge is -2.22. The van der Waals surface area contributed by atoms with Crippen LogP contribution >= 0.6 is 11.6 Å². The molecule has 0 radical (unpaired) electrons. The molecule has 1 aliphatic heterocycles. The van der Waals surface area contributed by atoms with Crippen LogP contribution in [0.15, 0.2) is 59.6 Å². The van der Waals surface area contributed by atoms with Crippen molar-refractivity contribution in [1.82, 2.24) is 15.5 Å². The van der Waals surface area contributed by atoms with Crippen LogP contribution in [0, 0.1) is 0 Å². The van der Waals surface area contributed by atoms with Crippen molar-refractivity contribution in [2.45, 2.75) is 12.3 Å². The van der Waals surface area contributed by atoms with Crippen LogP contribution < -0.4 is 10.6 Å². The molecule has 5 nitrogen and oxygen atoms in total. The lowest BCUT2D eigenvalue weighted by molar-refractivity contribution is 0.0954. The zero-order chi connectivity index (χ0) is 19.1. The Morgan fingerprint density at radius 3 is 2.52 bits per heavy atom. The first kappa shape index (κ1) is 19.2. The maximum atomic E-state index is 12.1. The lowest BCUT2D eigenvalue weighted by atomic mass is 9.99. The molecule has 2 N–H and O–H groups in total. The van der Waals surface area contributed by atoms with Crippen LogP contribution in [-0.4, -0.2) is 50.0 Å². The Balaban J connectivity index is 1.43. The number of amides is 1. The van der Waals surface area contributed by atoms with E-state index in [0.717, 1.165) is 25.5 Å². The minimum Gasteiger partial charge on any atom is -0.354 e. The number of likely N-dealkylation sites (tertiary alicyclic amines) is 1. The van der Waals surface area contributed by atoms with E-state index < -0.39 is 0 Å². The number of hydrogen-bond acceptors (Lipinski definition) is 2. The SMILES string of the molecule is CN=C(NCCNC(=O)c1ccc(Cl)cc1)N1CCC(c2ccccc2)C1. The lowest BCUT2D eigenvalue weighted by Crippen LogP contribution is -2.43. The topological polar surface area (TPSA) is 56.7 Å². The standard InChI is InChI=1S/C21H25ClN4O/c1-23-21(26-14-11-18(15-26)16-5-3-2-4-6-16)25-13-12-24-20(27)17-7-9-19(22)10-8-17/h2-10,18H,11-15H2,1H3,(H,23,25)(H,24,27). The average molecular weight is 385 g/mol. The third-order valence-electron chi connectivity index (χ3n) is 4.77. The van der Waals surface area contributed by atoms with E-state index in [4.69, 9.17) is 11.6 Å². The summed E-state index contributed by atoms with van der Waals surface area (Å²) in [5.74, 6) is 1.32. The van der Waals surface area contributed by atoms with Crippen molar-refractivity contribution in [3.8, 4) is 0 Å². The molecule has 0 aliphatic carbocycles. The Kier molecular flexibility index (Phi) is 6.71. The molecule has 142 valence electrons. The molecule has 1 amide bonds. The molecule has 0 bridgehead atoms. The van der Waals surface area contributed by atoms with Gasteiger partial charge in [0.15, 0.2) is 5.96 Å². The summed E-state index contributed by atoms with van der Waals surface area (Å²) in [6.45, 7) is 3.09. The maximum absolute atomic E-state index is 12.1. The molecule has 1 saturated heterocycles. The van der Waals surface area contributed by atoms with Crippen LogP contribution in [0.5, 0.6) is 0 Å². The molecule has 3 rings (SSSR count). The van der Waals surface area contributed by atoms with Crippen molar-refractivity contribution in [2.75, 3.05) is 33.2 Å². The Morgan fingerprint density at radius 2 is 1.81 bits per heavy atom. The molecule has 0 spiro atoms. The molecule has 0 aromatic heterocycles. The fourth-order valence-electron chi connectivity index (χ4n) is 3.34. The van der Waals surface area contributed by atoms with Crippen molar-refractivity contribution in [1.29, 1.82) is 0 Å². The zero-order valence-electron chi connectivity index (χ0n) is 15.5. The van der Waals surface area contributed by atoms with Crippen molar-refractivity contribution in [3.63, 3.8) is 0 Å². The summed E-state index contributed by atoms with van der Waals surface area (Å²) in [6, 6.07) is 17.5. The number of nitrogens with zero attached hydrogens (tertiary/aromatic N) is 2. The molecule has 0 saturated carbocycles. The van der Waals surface area contributed by atoms with Gasteiger partial charge < -0.3 is 15.5 Å². The van der Waals surface area contributed by atoms with Crippen molar-refractivity contribution in [2.24, 2.45) is 4.99 Å². The smallest absolute Gasteiger partial charge is 0.251 e. The van der Waals surface area contributed by atoms with Crippen LogP contribution in [0.1, 0.15) is 28.3 Å². The minimum absolute atomic E-state index is 0.103. The van der Waals surface area contributed by atoms with E-state index in [9.17, 15) is 4.79 Å². The van der Waals surface area contributed by atoms with E-state index in [1.165, 1.54) is 5.56 Å². The largest absolute Gasteiger partial charge is 0.354 e. The van der Waals surface area contributed by atoms with E-state index in [0.29, 0.717) is 29.6 Å².